The highest BCUT2D eigenvalue weighted by atomic mass is 19.1. The molecule has 4 aromatic heterocycles. The highest BCUT2D eigenvalue weighted by molar-refractivity contribution is 5.83. The van der Waals surface area contributed by atoms with Crippen molar-refractivity contribution in [2.45, 2.75) is 13.0 Å². The van der Waals surface area contributed by atoms with Crippen molar-refractivity contribution >= 4 is 27.7 Å². The molecule has 0 unspecified atom stereocenters. The van der Waals surface area contributed by atoms with Crippen LogP contribution in [0, 0.1) is 5.82 Å². The average Bonchev–Trinajstić information content (AvgIpc) is 3.27. The molecule has 1 N–H and O–H groups in total. The van der Waals surface area contributed by atoms with Crippen molar-refractivity contribution in [3.05, 3.63) is 64.7 Å². The van der Waals surface area contributed by atoms with Gasteiger partial charge in [0, 0.05) is 29.8 Å². The number of aryl methyl sites for hydroxylation is 2. The van der Waals surface area contributed by atoms with Gasteiger partial charge in [-0.25, -0.2) is 4.39 Å². The molecule has 5 rings (SSSR count). The first-order valence-electron chi connectivity index (χ1n) is 8.02. The lowest BCUT2D eigenvalue weighted by atomic mass is 10.1. The maximum absolute atomic E-state index is 13.5. The first kappa shape index (κ1) is 14.7. The predicted octanol–water partition coefficient (Wildman–Crippen LogP) is 1.70. The summed E-state index contributed by atoms with van der Waals surface area (Å²) >= 11 is 0. The van der Waals surface area contributed by atoms with Gasteiger partial charge in [0.1, 0.15) is 17.7 Å². The van der Waals surface area contributed by atoms with Crippen LogP contribution >= 0.6 is 0 Å². The Morgan fingerprint density at radius 2 is 2.12 bits per heavy atom. The fourth-order valence-electron chi connectivity index (χ4n) is 3.16. The largest absolute Gasteiger partial charge is 0.361 e. The number of fused-ring (bicyclic) bond motifs is 4. The van der Waals surface area contributed by atoms with Crippen LogP contribution in [0.2, 0.25) is 0 Å². The van der Waals surface area contributed by atoms with Gasteiger partial charge in [0.05, 0.1) is 0 Å². The minimum atomic E-state index is -0.284. The van der Waals surface area contributed by atoms with Crippen LogP contribution in [0.25, 0.3) is 27.7 Å². The normalized spacial score (nSPS) is 11.7. The van der Waals surface area contributed by atoms with Crippen LogP contribution in [0.1, 0.15) is 5.56 Å². The summed E-state index contributed by atoms with van der Waals surface area (Å²) in [5, 5.41) is 12.8. The average molecular weight is 349 g/mol. The highest BCUT2D eigenvalue weighted by Gasteiger charge is 2.11. The smallest absolute Gasteiger partial charge is 0.280 e. The van der Waals surface area contributed by atoms with Crippen LogP contribution in [-0.4, -0.2) is 34.3 Å². The van der Waals surface area contributed by atoms with Gasteiger partial charge in [0.15, 0.2) is 5.52 Å². The summed E-state index contributed by atoms with van der Waals surface area (Å²) in [4.78, 5) is 19.8. The molecule has 0 spiro atoms. The van der Waals surface area contributed by atoms with Crippen LogP contribution in [-0.2, 0) is 13.0 Å². The van der Waals surface area contributed by atoms with Crippen LogP contribution in [0.15, 0.2) is 47.8 Å². The third kappa shape index (κ3) is 2.17. The number of H-pyrrole nitrogens is 1. The maximum Gasteiger partial charge on any atom is 0.280 e. The van der Waals surface area contributed by atoms with E-state index in [1.54, 1.807) is 22.9 Å². The molecule has 0 saturated heterocycles. The Labute approximate surface area is 144 Å². The van der Waals surface area contributed by atoms with Gasteiger partial charge in [-0.1, -0.05) is 0 Å². The van der Waals surface area contributed by atoms with Gasteiger partial charge in [-0.15, -0.1) is 10.2 Å². The van der Waals surface area contributed by atoms with Gasteiger partial charge in [-0.2, -0.15) is 14.6 Å². The van der Waals surface area contributed by atoms with E-state index in [1.165, 1.54) is 23.0 Å². The van der Waals surface area contributed by atoms with Crippen LogP contribution < -0.4 is 5.56 Å². The number of rotatable bonds is 3. The fraction of sp³-hybridized carbons (Fsp3) is 0.118. The molecular formula is C17H12FN7O. The summed E-state index contributed by atoms with van der Waals surface area (Å²) in [6, 6.07) is 6.38. The van der Waals surface area contributed by atoms with Crippen molar-refractivity contribution < 1.29 is 4.39 Å². The van der Waals surface area contributed by atoms with E-state index >= 15 is 0 Å². The van der Waals surface area contributed by atoms with Gasteiger partial charge in [-0.05, 0) is 36.2 Å². The topological polar surface area (TPSA) is 93.8 Å². The minimum absolute atomic E-state index is 0.232. The Morgan fingerprint density at radius 3 is 3.04 bits per heavy atom. The van der Waals surface area contributed by atoms with Gasteiger partial charge in [0.2, 0.25) is 0 Å². The van der Waals surface area contributed by atoms with Crippen LogP contribution in [0.5, 0.6) is 0 Å². The molecule has 0 aliphatic heterocycles. The summed E-state index contributed by atoms with van der Waals surface area (Å²) in [7, 11) is 0. The molecule has 0 atom stereocenters. The van der Waals surface area contributed by atoms with E-state index < -0.39 is 0 Å². The van der Waals surface area contributed by atoms with Crippen molar-refractivity contribution in [3.8, 4) is 0 Å². The van der Waals surface area contributed by atoms with Gasteiger partial charge in [0.25, 0.3) is 11.3 Å². The Bertz CT molecular complexity index is 1330. The lowest BCUT2D eigenvalue weighted by Gasteiger charge is -2.06. The highest BCUT2D eigenvalue weighted by Crippen LogP contribution is 2.20. The first-order chi connectivity index (χ1) is 12.7. The third-order valence-corrected chi connectivity index (χ3v) is 4.47. The van der Waals surface area contributed by atoms with Crippen molar-refractivity contribution in [3.63, 3.8) is 0 Å². The van der Waals surface area contributed by atoms with E-state index in [2.05, 4.69) is 25.3 Å². The number of halogens is 1. The van der Waals surface area contributed by atoms with Gasteiger partial charge in [-0.3, -0.25) is 4.79 Å². The molecule has 0 aliphatic rings. The number of pyridine rings is 1. The molecule has 0 radical (unpaired) electrons. The number of aromatic amines is 1. The second-order valence-electron chi connectivity index (χ2n) is 5.97. The van der Waals surface area contributed by atoms with Crippen LogP contribution in [0.3, 0.4) is 0 Å². The number of hydrogen-bond acceptors (Lipinski definition) is 5. The molecule has 0 fully saturated rings. The van der Waals surface area contributed by atoms with Crippen molar-refractivity contribution in [1.82, 2.24) is 34.3 Å². The summed E-state index contributed by atoms with van der Waals surface area (Å²) in [6.45, 7) is 0.440. The summed E-state index contributed by atoms with van der Waals surface area (Å²) in [5.41, 5.74) is 2.35. The molecule has 26 heavy (non-hydrogen) atoms. The Morgan fingerprint density at radius 1 is 1.19 bits per heavy atom. The van der Waals surface area contributed by atoms with E-state index in [9.17, 15) is 9.18 Å². The lowest BCUT2D eigenvalue weighted by molar-refractivity contribution is 0.629. The molecule has 0 bridgehead atoms. The number of benzene rings is 1. The number of nitrogens with one attached hydrogen (secondary N) is 1. The Balaban J connectivity index is 1.53. The molecule has 0 saturated carbocycles. The second kappa shape index (κ2) is 5.45. The number of aromatic nitrogens is 7. The second-order valence-corrected chi connectivity index (χ2v) is 5.97. The molecule has 0 amide bonds. The lowest BCUT2D eigenvalue weighted by Crippen LogP contribution is -2.22. The third-order valence-electron chi connectivity index (χ3n) is 4.47. The Kier molecular flexibility index (Phi) is 3.08. The zero-order valence-electron chi connectivity index (χ0n) is 13.4. The molecule has 128 valence electrons. The number of hydrogen-bond donors (Lipinski definition) is 1. The van der Waals surface area contributed by atoms with E-state index in [-0.39, 0.29) is 16.9 Å². The Hall–Kier alpha value is -3.62. The summed E-state index contributed by atoms with van der Waals surface area (Å²) in [6.07, 6.45) is 5.48. The molecule has 1 aromatic carbocycles. The molecular weight excluding hydrogens is 337 g/mol. The summed E-state index contributed by atoms with van der Waals surface area (Å²) in [5.74, 6) is 0.0591. The minimum Gasteiger partial charge on any atom is -0.361 e. The zero-order valence-corrected chi connectivity index (χ0v) is 13.4. The van der Waals surface area contributed by atoms with Crippen LogP contribution in [0.4, 0.5) is 4.39 Å². The van der Waals surface area contributed by atoms with E-state index in [1.807, 2.05) is 6.20 Å². The SMILES string of the molecule is O=c1c2nnc3ncnn3c2ccn1CCc1c[nH]c2ccc(F)cc12. The molecule has 8 nitrogen and oxygen atoms in total. The molecule has 5 aromatic rings. The predicted molar refractivity (Wildman–Crippen MR) is 92.3 cm³/mol. The van der Waals surface area contributed by atoms with E-state index in [0.717, 1.165) is 16.5 Å². The summed E-state index contributed by atoms with van der Waals surface area (Å²) < 4.78 is 16.5. The van der Waals surface area contributed by atoms with Gasteiger partial charge >= 0.3 is 0 Å². The quantitative estimate of drug-likeness (QED) is 0.535. The molecule has 0 aliphatic carbocycles. The monoisotopic (exact) mass is 349 g/mol. The fourth-order valence-corrected chi connectivity index (χ4v) is 3.16. The maximum atomic E-state index is 13.5. The van der Waals surface area contributed by atoms with Crippen molar-refractivity contribution in [1.29, 1.82) is 0 Å². The standard InChI is InChI=1S/C17H12FN7O/c18-11-1-2-13-12(7-11)10(8-19-13)3-5-24-6-4-14-15(16(24)26)22-23-17-20-9-21-25(14)17/h1-2,4,6-9,19H,3,5H2. The number of nitrogens with zero attached hydrogens (tertiary/aromatic N) is 6. The van der Waals surface area contributed by atoms with Crippen molar-refractivity contribution in [2.24, 2.45) is 0 Å². The van der Waals surface area contributed by atoms with Gasteiger partial charge < -0.3 is 9.55 Å². The molecule has 4 heterocycles. The zero-order chi connectivity index (χ0) is 17.7. The molecule has 9 heteroatoms. The first-order valence-corrected chi connectivity index (χ1v) is 8.02. The van der Waals surface area contributed by atoms with E-state index in [0.29, 0.717) is 24.3 Å². The van der Waals surface area contributed by atoms with Crippen molar-refractivity contribution in [2.75, 3.05) is 0 Å². The van der Waals surface area contributed by atoms with E-state index in [4.69, 9.17) is 0 Å².